The monoisotopic (exact) mass is 312 g/mol. The number of hydrogen-bond acceptors (Lipinski definition) is 5. The summed E-state index contributed by atoms with van der Waals surface area (Å²) in [5.41, 5.74) is 1.25. The Balaban J connectivity index is 1.46. The van der Waals surface area contributed by atoms with Crippen molar-refractivity contribution in [3.63, 3.8) is 0 Å². The highest BCUT2D eigenvalue weighted by molar-refractivity contribution is 5.84. The van der Waals surface area contributed by atoms with Gasteiger partial charge in [0.15, 0.2) is 5.69 Å². The van der Waals surface area contributed by atoms with Crippen LogP contribution in [-0.2, 0) is 0 Å². The zero-order chi connectivity index (χ0) is 16.1. The highest BCUT2D eigenvalue weighted by Gasteiger charge is 2.19. The standard InChI is InChI=1S/C17H20N4O2/c22-17(23)15-11-20-16(12-18-15)19-10-13-6-8-21(9-7-13)14-4-2-1-3-5-14/h1-5,11-13H,6-10H2,(H,19,20)(H,22,23). The minimum absolute atomic E-state index is 0.0354. The lowest BCUT2D eigenvalue weighted by atomic mass is 9.96. The van der Waals surface area contributed by atoms with Gasteiger partial charge >= 0.3 is 5.97 Å². The molecular formula is C17H20N4O2. The quantitative estimate of drug-likeness (QED) is 0.883. The maximum atomic E-state index is 10.7. The third-order valence-electron chi connectivity index (χ3n) is 4.18. The fourth-order valence-corrected chi connectivity index (χ4v) is 2.81. The van der Waals surface area contributed by atoms with Gasteiger partial charge in [-0.15, -0.1) is 0 Å². The highest BCUT2D eigenvalue weighted by atomic mass is 16.4. The van der Waals surface area contributed by atoms with Crippen LogP contribution in [0.3, 0.4) is 0 Å². The van der Waals surface area contributed by atoms with E-state index < -0.39 is 5.97 Å². The van der Waals surface area contributed by atoms with Gasteiger partial charge in [0.05, 0.1) is 12.4 Å². The summed E-state index contributed by atoms with van der Waals surface area (Å²) in [6.07, 6.45) is 5.01. The van der Waals surface area contributed by atoms with Gasteiger partial charge in [0.25, 0.3) is 0 Å². The van der Waals surface area contributed by atoms with Gasteiger partial charge in [-0.3, -0.25) is 0 Å². The van der Waals surface area contributed by atoms with Crippen LogP contribution in [0.1, 0.15) is 23.3 Å². The number of piperidine rings is 1. The van der Waals surface area contributed by atoms with Gasteiger partial charge in [0, 0.05) is 25.3 Å². The van der Waals surface area contributed by atoms with E-state index in [1.54, 1.807) is 0 Å². The van der Waals surface area contributed by atoms with Gasteiger partial charge in [-0.2, -0.15) is 0 Å². The van der Waals surface area contributed by atoms with E-state index in [4.69, 9.17) is 5.11 Å². The lowest BCUT2D eigenvalue weighted by Crippen LogP contribution is -2.35. The molecule has 1 saturated heterocycles. The molecule has 0 spiro atoms. The fraction of sp³-hybridized carbons (Fsp3) is 0.353. The summed E-state index contributed by atoms with van der Waals surface area (Å²) in [7, 11) is 0. The molecule has 3 rings (SSSR count). The van der Waals surface area contributed by atoms with E-state index in [1.807, 2.05) is 6.07 Å². The van der Waals surface area contributed by atoms with E-state index in [2.05, 4.69) is 44.5 Å². The zero-order valence-corrected chi connectivity index (χ0v) is 12.9. The summed E-state index contributed by atoms with van der Waals surface area (Å²) >= 11 is 0. The molecule has 1 aliphatic heterocycles. The van der Waals surface area contributed by atoms with Crippen molar-refractivity contribution in [2.75, 3.05) is 29.9 Å². The van der Waals surface area contributed by atoms with Crippen molar-refractivity contribution < 1.29 is 9.90 Å². The molecule has 0 aliphatic carbocycles. The summed E-state index contributed by atoms with van der Waals surface area (Å²) in [6.45, 7) is 2.95. The van der Waals surface area contributed by atoms with Crippen LogP contribution in [0.25, 0.3) is 0 Å². The van der Waals surface area contributed by atoms with E-state index in [0.29, 0.717) is 11.7 Å². The molecule has 1 fully saturated rings. The van der Waals surface area contributed by atoms with Crippen LogP contribution in [-0.4, -0.2) is 40.7 Å². The van der Waals surface area contributed by atoms with Gasteiger partial charge in [0.2, 0.25) is 0 Å². The predicted octanol–water partition coefficient (Wildman–Crippen LogP) is 2.50. The maximum absolute atomic E-state index is 10.7. The van der Waals surface area contributed by atoms with Gasteiger partial charge in [-0.1, -0.05) is 18.2 Å². The topological polar surface area (TPSA) is 78.3 Å². The average molecular weight is 312 g/mol. The van der Waals surface area contributed by atoms with Crippen LogP contribution in [0.5, 0.6) is 0 Å². The molecule has 0 bridgehead atoms. The number of aromatic nitrogens is 2. The number of hydrogen-bond donors (Lipinski definition) is 2. The van der Waals surface area contributed by atoms with E-state index in [-0.39, 0.29) is 5.69 Å². The Kier molecular flexibility index (Phi) is 4.71. The summed E-state index contributed by atoms with van der Waals surface area (Å²) < 4.78 is 0. The third-order valence-corrected chi connectivity index (χ3v) is 4.18. The number of rotatable bonds is 5. The Bertz CT molecular complexity index is 637. The second-order valence-corrected chi connectivity index (χ2v) is 5.74. The molecule has 0 amide bonds. The molecule has 0 saturated carbocycles. The van der Waals surface area contributed by atoms with Crippen LogP contribution < -0.4 is 10.2 Å². The number of carboxylic acid groups (broad SMARTS) is 1. The summed E-state index contributed by atoms with van der Waals surface area (Å²) in [5.74, 6) is 0.161. The van der Waals surface area contributed by atoms with Gasteiger partial charge in [-0.05, 0) is 30.9 Å². The van der Waals surface area contributed by atoms with Crippen LogP contribution in [0, 0.1) is 5.92 Å². The van der Waals surface area contributed by atoms with Gasteiger partial charge < -0.3 is 15.3 Å². The molecule has 2 aromatic rings. The van der Waals surface area contributed by atoms with E-state index in [9.17, 15) is 4.79 Å². The number of nitrogens with zero attached hydrogens (tertiary/aromatic N) is 3. The molecule has 1 aliphatic rings. The molecule has 120 valence electrons. The largest absolute Gasteiger partial charge is 0.476 e. The first kappa shape index (κ1) is 15.3. The third kappa shape index (κ3) is 3.97. The molecule has 1 aromatic carbocycles. The first-order chi connectivity index (χ1) is 11.2. The summed E-state index contributed by atoms with van der Waals surface area (Å²) in [6, 6.07) is 10.5. The Labute approximate surface area is 135 Å². The number of benzene rings is 1. The SMILES string of the molecule is O=C(O)c1cnc(NCC2CCN(c3ccccc3)CC2)cn1. The predicted molar refractivity (Wildman–Crippen MR) is 88.9 cm³/mol. The van der Waals surface area contributed by atoms with E-state index in [0.717, 1.165) is 32.5 Å². The number of carboxylic acids is 1. The lowest BCUT2D eigenvalue weighted by Gasteiger charge is -2.33. The molecule has 2 N–H and O–H groups in total. The first-order valence-electron chi connectivity index (χ1n) is 7.81. The Hall–Kier alpha value is -2.63. The number of para-hydroxylation sites is 1. The smallest absolute Gasteiger partial charge is 0.356 e. The van der Waals surface area contributed by atoms with Crippen molar-refractivity contribution in [3.05, 3.63) is 48.4 Å². The van der Waals surface area contributed by atoms with Gasteiger partial charge in [0.1, 0.15) is 5.82 Å². The molecule has 0 radical (unpaired) electrons. The van der Waals surface area contributed by atoms with Crippen molar-refractivity contribution in [2.24, 2.45) is 5.92 Å². The van der Waals surface area contributed by atoms with E-state index in [1.165, 1.54) is 18.1 Å². The van der Waals surface area contributed by atoms with Crippen molar-refractivity contribution in [3.8, 4) is 0 Å². The molecule has 6 nitrogen and oxygen atoms in total. The second-order valence-electron chi connectivity index (χ2n) is 5.74. The Morgan fingerprint density at radius 1 is 1.17 bits per heavy atom. The normalized spacial score (nSPS) is 15.4. The first-order valence-corrected chi connectivity index (χ1v) is 7.81. The molecule has 0 atom stereocenters. The minimum Gasteiger partial charge on any atom is -0.476 e. The van der Waals surface area contributed by atoms with Crippen LogP contribution in [0.4, 0.5) is 11.5 Å². The van der Waals surface area contributed by atoms with Gasteiger partial charge in [-0.25, -0.2) is 14.8 Å². The Morgan fingerprint density at radius 3 is 2.52 bits per heavy atom. The van der Waals surface area contributed by atoms with Crippen molar-refractivity contribution >= 4 is 17.5 Å². The Morgan fingerprint density at radius 2 is 1.91 bits per heavy atom. The molecule has 6 heteroatoms. The lowest BCUT2D eigenvalue weighted by molar-refractivity contribution is 0.0690. The van der Waals surface area contributed by atoms with Crippen molar-refractivity contribution in [1.82, 2.24) is 9.97 Å². The molecular weight excluding hydrogens is 292 g/mol. The molecule has 23 heavy (non-hydrogen) atoms. The van der Waals surface area contributed by atoms with E-state index >= 15 is 0 Å². The number of carbonyl (C=O) groups is 1. The molecule has 0 unspecified atom stereocenters. The van der Waals surface area contributed by atoms with Crippen molar-refractivity contribution in [2.45, 2.75) is 12.8 Å². The summed E-state index contributed by atoms with van der Waals surface area (Å²) in [5, 5.41) is 12.1. The number of anilines is 2. The minimum atomic E-state index is -1.06. The summed E-state index contributed by atoms with van der Waals surface area (Å²) in [4.78, 5) is 21.1. The highest BCUT2D eigenvalue weighted by Crippen LogP contribution is 2.23. The molecule has 2 heterocycles. The van der Waals surface area contributed by atoms with Crippen molar-refractivity contribution in [1.29, 1.82) is 0 Å². The second kappa shape index (κ2) is 7.09. The number of nitrogens with one attached hydrogen (secondary N) is 1. The zero-order valence-electron chi connectivity index (χ0n) is 12.9. The average Bonchev–Trinajstić information content (AvgIpc) is 2.61. The molecule has 1 aromatic heterocycles. The van der Waals surface area contributed by atoms with Crippen LogP contribution >= 0.6 is 0 Å². The van der Waals surface area contributed by atoms with Crippen LogP contribution in [0.2, 0.25) is 0 Å². The number of aromatic carboxylic acids is 1. The fourth-order valence-electron chi connectivity index (χ4n) is 2.81. The van der Waals surface area contributed by atoms with Crippen LogP contribution in [0.15, 0.2) is 42.7 Å². The maximum Gasteiger partial charge on any atom is 0.356 e.